The molecule has 0 fully saturated rings. The minimum atomic E-state index is -0.860. The Hall–Kier alpha value is -2.12. The molecule has 0 aliphatic rings. The van der Waals surface area contributed by atoms with E-state index in [-0.39, 0.29) is 48.1 Å². The first-order valence-corrected chi connectivity index (χ1v) is 7.72. The fourth-order valence-corrected chi connectivity index (χ4v) is 2.03. The second-order valence-electron chi connectivity index (χ2n) is 4.50. The van der Waals surface area contributed by atoms with Crippen LogP contribution in [-0.4, -0.2) is 36.9 Å². The molecule has 0 radical (unpaired) electrons. The van der Waals surface area contributed by atoms with Crippen molar-refractivity contribution in [1.82, 2.24) is 0 Å². The van der Waals surface area contributed by atoms with Gasteiger partial charge in [-0.2, -0.15) is 0 Å². The minimum Gasteiger partial charge on any atom is -0.462 e. The summed E-state index contributed by atoms with van der Waals surface area (Å²) in [5, 5.41) is 11.6. The minimum absolute atomic E-state index is 0.0106. The van der Waals surface area contributed by atoms with Gasteiger partial charge < -0.3 is 19.9 Å². The zero-order chi connectivity index (χ0) is 18.1. The molecule has 1 aromatic rings. The van der Waals surface area contributed by atoms with Gasteiger partial charge in [0.1, 0.15) is 5.82 Å². The number of esters is 2. The molecule has 24 heavy (non-hydrogen) atoms. The van der Waals surface area contributed by atoms with Crippen molar-refractivity contribution in [3.63, 3.8) is 0 Å². The van der Waals surface area contributed by atoms with Gasteiger partial charge in [0.15, 0.2) is 5.57 Å². The van der Waals surface area contributed by atoms with Crippen LogP contribution in [0.3, 0.4) is 0 Å². The summed E-state index contributed by atoms with van der Waals surface area (Å²) in [6.07, 6.45) is 1.09. The topological polar surface area (TPSA) is 84.9 Å². The van der Waals surface area contributed by atoms with Crippen LogP contribution in [-0.2, 0) is 25.5 Å². The van der Waals surface area contributed by atoms with Crippen LogP contribution in [0.4, 0.5) is 10.1 Å². The van der Waals surface area contributed by atoms with Gasteiger partial charge in [-0.25, -0.2) is 14.0 Å². The number of aliphatic hydroxyl groups excluding tert-OH is 1. The van der Waals surface area contributed by atoms with E-state index in [2.05, 4.69) is 5.32 Å². The third kappa shape index (κ3) is 5.21. The van der Waals surface area contributed by atoms with E-state index in [1.54, 1.807) is 13.8 Å². The second kappa shape index (κ2) is 9.89. The van der Waals surface area contributed by atoms with Crippen molar-refractivity contribution in [3.05, 3.63) is 40.3 Å². The molecule has 132 valence electrons. The van der Waals surface area contributed by atoms with Gasteiger partial charge in [0.2, 0.25) is 0 Å². The van der Waals surface area contributed by atoms with Crippen molar-refractivity contribution in [2.24, 2.45) is 0 Å². The van der Waals surface area contributed by atoms with Gasteiger partial charge in [0.05, 0.1) is 18.2 Å². The summed E-state index contributed by atoms with van der Waals surface area (Å²) < 4.78 is 23.6. The molecule has 0 atom stereocenters. The van der Waals surface area contributed by atoms with Crippen LogP contribution in [0.1, 0.15) is 19.4 Å². The molecule has 0 unspecified atom stereocenters. The number of aliphatic hydroxyl groups is 1. The lowest BCUT2D eigenvalue weighted by molar-refractivity contribution is -0.146. The van der Waals surface area contributed by atoms with Crippen molar-refractivity contribution < 1.29 is 28.6 Å². The third-order valence-electron chi connectivity index (χ3n) is 2.92. The number of ether oxygens (including phenoxy) is 2. The lowest BCUT2D eigenvalue weighted by atomic mass is 10.1. The first kappa shape index (κ1) is 19.9. The van der Waals surface area contributed by atoms with Gasteiger partial charge in [-0.05, 0) is 26.0 Å². The average Bonchev–Trinajstić information content (AvgIpc) is 2.54. The smallest absolute Gasteiger partial charge is 0.347 e. The van der Waals surface area contributed by atoms with Gasteiger partial charge in [-0.3, -0.25) is 0 Å². The molecule has 0 saturated heterocycles. The van der Waals surface area contributed by atoms with Crippen LogP contribution in [0.25, 0.3) is 0 Å². The highest BCUT2D eigenvalue weighted by atomic mass is 35.5. The van der Waals surface area contributed by atoms with Crippen LogP contribution >= 0.6 is 11.6 Å². The molecule has 1 aromatic carbocycles. The summed E-state index contributed by atoms with van der Waals surface area (Å²) >= 11 is 5.72. The Labute approximate surface area is 144 Å². The van der Waals surface area contributed by atoms with Crippen LogP contribution in [0, 0.1) is 5.82 Å². The maximum atomic E-state index is 14.0. The molecule has 0 spiro atoms. The lowest BCUT2D eigenvalue weighted by Gasteiger charge is -2.12. The molecule has 0 amide bonds. The molecule has 6 nitrogen and oxygen atoms in total. The van der Waals surface area contributed by atoms with Gasteiger partial charge >= 0.3 is 11.9 Å². The monoisotopic (exact) mass is 359 g/mol. The summed E-state index contributed by atoms with van der Waals surface area (Å²) in [5.41, 5.74) is 0.0365. The Bertz CT molecular complexity index is 613. The van der Waals surface area contributed by atoms with Crippen molar-refractivity contribution in [2.45, 2.75) is 20.3 Å². The highest BCUT2D eigenvalue weighted by Gasteiger charge is 2.21. The van der Waals surface area contributed by atoms with E-state index in [1.165, 1.54) is 12.1 Å². The Balaban J connectivity index is 3.15. The molecule has 0 bridgehead atoms. The SMILES string of the molecule is CCOC(=O)C(=CNc1ccc(Cl)c(F)c1CCO)C(=O)OCC. The highest BCUT2D eigenvalue weighted by Crippen LogP contribution is 2.26. The number of halogens is 2. The Kier molecular flexibility index (Phi) is 8.21. The molecule has 1 rings (SSSR count). The number of hydrogen-bond donors (Lipinski definition) is 2. The van der Waals surface area contributed by atoms with E-state index in [0.717, 1.165) is 6.20 Å². The summed E-state index contributed by atoms with van der Waals surface area (Å²) in [5.74, 6) is -2.40. The summed E-state index contributed by atoms with van der Waals surface area (Å²) in [6, 6.07) is 2.79. The summed E-state index contributed by atoms with van der Waals surface area (Å²) in [4.78, 5) is 23.7. The molecular weight excluding hydrogens is 341 g/mol. The third-order valence-corrected chi connectivity index (χ3v) is 3.21. The number of hydrogen-bond acceptors (Lipinski definition) is 6. The molecular formula is C16H19ClFNO5. The van der Waals surface area contributed by atoms with E-state index in [4.69, 9.17) is 26.2 Å². The van der Waals surface area contributed by atoms with Gasteiger partial charge in [-0.1, -0.05) is 11.6 Å². The molecule has 0 heterocycles. The summed E-state index contributed by atoms with van der Waals surface area (Å²) in [6.45, 7) is 3.07. The Morgan fingerprint density at radius 3 is 2.33 bits per heavy atom. The van der Waals surface area contributed by atoms with Crippen LogP contribution < -0.4 is 5.32 Å². The summed E-state index contributed by atoms with van der Waals surface area (Å²) in [7, 11) is 0. The lowest BCUT2D eigenvalue weighted by Crippen LogP contribution is -2.19. The maximum absolute atomic E-state index is 14.0. The number of carbonyl (C=O) groups is 2. The van der Waals surface area contributed by atoms with Crippen molar-refractivity contribution in [1.29, 1.82) is 0 Å². The number of benzene rings is 1. The first-order chi connectivity index (χ1) is 11.5. The van der Waals surface area contributed by atoms with Gasteiger partial charge in [0.25, 0.3) is 0 Å². The van der Waals surface area contributed by atoms with Crippen molar-refractivity contribution in [2.75, 3.05) is 25.1 Å². The normalized spacial score (nSPS) is 10.0. The fourth-order valence-electron chi connectivity index (χ4n) is 1.85. The average molecular weight is 360 g/mol. The van der Waals surface area contributed by atoms with Crippen LogP contribution in [0.2, 0.25) is 5.02 Å². The van der Waals surface area contributed by atoms with E-state index in [0.29, 0.717) is 0 Å². The molecule has 0 aromatic heterocycles. The number of rotatable bonds is 8. The Morgan fingerprint density at radius 1 is 1.25 bits per heavy atom. The van der Waals surface area contributed by atoms with E-state index >= 15 is 0 Å². The molecule has 0 aliphatic carbocycles. The standard InChI is InChI=1S/C16H19ClFNO5/c1-3-23-15(21)11(16(22)24-4-2)9-19-13-6-5-12(17)14(18)10(13)7-8-20/h5-6,9,19-20H,3-4,7-8H2,1-2H3. The largest absolute Gasteiger partial charge is 0.462 e. The molecule has 0 aliphatic heterocycles. The van der Waals surface area contributed by atoms with E-state index < -0.39 is 17.8 Å². The molecule has 2 N–H and O–H groups in total. The van der Waals surface area contributed by atoms with E-state index in [9.17, 15) is 14.0 Å². The molecule has 8 heteroatoms. The Morgan fingerprint density at radius 2 is 1.83 bits per heavy atom. The van der Waals surface area contributed by atoms with Gasteiger partial charge in [-0.15, -0.1) is 0 Å². The van der Waals surface area contributed by atoms with Crippen LogP contribution in [0.5, 0.6) is 0 Å². The number of nitrogens with one attached hydrogen (secondary N) is 1. The number of carbonyl (C=O) groups excluding carboxylic acids is 2. The van der Waals surface area contributed by atoms with E-state index in [1.807, 2.05) is 0 Å². The van der Waals surface area contributed by atoms with Crippen molar-refractivity contribution >= 4 is 29.2 Å². The first-order valence-electron chi connectivity index (χ1n) is 7.34. The number of anilines is 1. The van der Waals surface area contributed by atoms with Crippen molar-refractivity contribution in [3.8, 4) is 0 Å². The quantitative estimate of drug-likeness (QED) is 0.321. The maximum Gasteiger partial charge on any atom is 0.347 e. The zero-order valence-corrected chi connectivity index (χ0v) is 14.2. The predicted molar refractivity (Wildman–Crippen MR) is 87.2 cm³/mol. The predicted octanol–water partition coefficient (Wildman–Crippen LogP) is 2.44. The highest BCUT2D eigenvalue weighted by molar-refractivity contribution is 6.30. The fraction of sp³-hybridized carbons (Fsp3) is 0.375. The van der Waals surface area contributed by atoms with Crippen LogP contribution in [0.15, 0.2) is 23.9 Å². The second-order valence-corrected chi connectivity index (χ2v) is 4.91. The molecule has 0 saturated carbocycles. The van der Waals surface area contributed by atoms with Gasteiger partial charge in [0, 0.05) is 30.5 Å². The zero-order valence-electron chi connectivity index (χ0n) is 13.4.